The molecule has 0 aromatic rings. The topological polar surface area (TPSA) is 105 Å². The van der Waals surface area contributed by atoms with Gasteiger partial charge in [0.25, 0.3) is 5.91 Å². The van der Waals surface area contributed by atoms with Crippen molar-refractivity contribution in [2.45, 2.75) is 44.1 Å². The molecule has 7 nitrogen and oxygen atoms in total. The molecule has 2 rings (SSSR count). The van der Waals surface area contributed by atoms with Gasteiger partial charge in [-0.3, -0.25) is 14.5 Å². The smallest absolute Gasteiger partial charge is 0.325 e. The SMILES string of the molecule is CNC(=O)CCCN1C(=O)NC2(CCCCC2CN)C1=O. The first-order chi connectivity index (χ1) is 10.0. The van der Waals surface area contributed by atoms with Crippen LogP contribution in [0.5, 0.6) is 0 Å². The van der Waals surface area contributed by atoms with E-state index in [4.69, 9.17) is 5.73 Å². The van der Waals surface area contributed by atoms with Crippen molar-refractivity contribution >= 4 is 17.8 Å². The summed E-state index contributed by atoms with van der Waals surface area (Å²) in [4.78, 5) is 37.3. The Hall–Kier alpha value is -1.63. The second-order valence-corrected chi connectivity index (χ2v) is 5.81. The fourth-order valence-corrected chi connectivity index (χ4v) is 3.38. The van der Waals surface area contributed by atoms with Crippen LogP contribution in [-0.4, -0.2) is 48.4 Å². The summed E-state index contributed by atoms with van der Waals surface area (Å²) >= 11 is 0. The maximum absolute atomic E-state index is 12.7. The minimum absolute atomic E-state index is 0.00615. The van der Waals surface area contributed by atoms with E-state index in [1.165, 1.54) is 4.90 Å². The van der Waals surface area contributed by atoms with Gasteiger partial charge in [-0.2, -0.15) is 0 Å². The molecule has 2 unspecified atom stereocenters. The first-order valence-corrected chi connectivity index (χ1v) is 7.60. The van der Waals surface area contributed by atoms with E-state index < -0.39 is 5.54 Å². The van der Waals surface area contributed by atoms with Crippen LogP contribution >= 0.6 is 0 Å². The number of hydrogen-bond acceptors (Lipinski definition) is 4. The van der Waals surface area contributed by atoms with Gasteiger partial charge in [0.15, 0.2) is 0 Å². The van der Waals surface area contributed by atoms with E-state index in [2.05, 4.69) is 10.6 Å². The Balaban J connectivity index is 2.03. The summed E-state index contributed by atoms with van der Waals surface area (Å²) in [6, 6.07) is -0.350. The number of nitrogens with one attached hydrogen (secondary N) is 2. The summed E-state index contributed by atoms with van der Waals surface area (Å²) in [5.41, 5.74) is 4.99. The molecular formula is C14H24N4O3. The predicted molar refractivity (Wildman–Crippen MR) is 77.3 cm³/mol. The van der Waals surface area contributed by atoms with E-state index in [1.807, 2.05) is 0 Å². The van der Waals surface area contributed by atoms with Crippen molar-refractivity contribution < 1.29 is 14.4 Å². The van der Waals surface area contributed by atoms with Gasteiger partial charge in [0.2, 0.25) is 5.91 Å². The molecule has 1 aliphatic carbocycles. The number of hydrogen-bond donors (Lipinski definition) is 3. The summed E-state index contributed by atoms with van der Waals surface area (Å²) in [5.74, 6) is -0.250. The molecule has 2 atom stereocenters. The summed E-state index contributed by atoms with van der Waals surface area (Å²) in [7, 11) is 1.57. The zero-order chi connectivity index (χ0) is 15.5. The van der Waals surface area contributed by atoms with Crippen LogP contribution in [-0.2, 0) is 9.59 Å². The molecule has 4 amide bonds. The van der Waals surface area contributed by atoms with Gasteiger partial charge in [-0.15, -0.1) is 0 Å². The van der Waals surface area contributed by atoms with E-state index in [-0.39, 0.29) is 30.3 Å². The third-order valence-corrected chi connectivity index (χ3v) is 4.62. The van der Waals surface area contributed by atoms with Gasteiger partial charge in [-0.05, 0) is 25.8 Å². The van der Waals surface area contributed by atoms with E-state index in [0.29, 0.717) is 25.8 Å². The molecular weight excluding hydrogens is 272 g/mol. The normalized spacial score (nSPS) is 28.9. The number of imide groups is 1. The Bertz CT molecular complexity index is 440. The van der Waals surface area contributed by atoms with Crippen LogP contribution in [0.1, 0.15) is 38.5 Å². The molecule has 1 saturated heterocycles. The highest BCUT2D eigenvalue weighted by Gasteiger charge is 2.55. The van der Waals surface area contributed by atoms with Gasteiger partial charge in [0, 0.05) is 25.9 Å². The fraction of sp³-hybridized carbons (Fsp3) is 0.786. The first-order valence-electron chi connectivity index (χ1n) is 7.60. The van der Waals surface area contributed by atoms with Crippen molar-refractivity contribution in [3.63, 3.8) is 0 Å². The average Bonchev–Trinajstić information content (AvgIpc) is 2.72. The summed E-state index contributed by atoms with van der Waals surface area (Å²) < 4.78 is 0. The van der Waals surface area contributed by atoms with Crippen molar-refractivity contribution in [2.75, 3.05) is 20.1 Å². The molecule has 21 heavy (non-hydrogen) atoms. The second kappa shape index (κ2) is 6.43. The van der Waals surface area contributed by atoms with Crippen LogP contribution in [0.2, 0.25) is 0 Å². The molecule has 118 valence electrons. The summed E-state index contributed by atoms with van der Waals surface area (Å²) in [5, 5.41) is 5.41. The van der Waals surface area contributed by atoms with Crippen LogP contribution in [0.25, 0.3) is 0 Å². The van der Waals surface area contributed by atoms with Crippen molar-refractivity contribution in [3.05, 3.63) is 0 Å². The molecule has 0 aromatic carbocycles. The van der Waals surface area contributed by atoms with Gasteiger partial charge in [0.05, 0.1) is 0 Å². The number of nitrogens with zero attached hydrogens (tertiary/aromatic N) is 1. The molecule has 0 radical (unpaired) electrons. The van der Waals surface area contributed by atoms with Crippen LogP contribution in [0.15, 0.2) is 0 Å². The van der Waals surface area contributed by atoms with E-state index in [9.17, 15) is 14.4 Å². The number of urea groups is 1. The molecule has 2 fully saturated rings. The first kappa shape index (κ1) is 15.8. The zero-order valence-corrected chi connectivity index (χ0v) is 12.5. The molecule has 0 bridgehead atoms. The van der Waals surface area contributed by atoms with E-state index in [1.54, 1.807) is 7.05 Å². The Labute approximate surface area is 124 Å². The molecule has 1 saturated carbocycles. The molecule has 7 heteroatoms. The molecule has 2 aliphatic rings. The van der Waals surface area contributed by atoms with Crippen molar-refractivity contribution in [2.24, 2.45) is 11.7 Å². The van der Waals surface area contributed by atoms with Crippen molar-refractivity contribution in [1.82, 2.24) is 15.5 Å². The van der Waals surface area contributed by atoms with Gasteiger partial charge < -0.3 is 16.4 Å². The van der Waals surface area contributed by atoms with Crippen LogP contribution in [0.4, 0.5) is 4.79 Å². The van der Waals surface area contributed by atoms with Crippen LogP contribution in [0, 0.1) is 5.92 Å². The molecule has 1 spiro atoms. The molecule has 4 N–H and O–H groups in total. The lowest BCUT2D eigenvalue weighted by molar-refractivity contribution is -0.134. The predicted octanol–water partition coefficient (Wildman–Crippen LogP) is -0.0479. The van der Waals surface area contributed by atoms with Crippen LogP contribution in [0.3, 0.4) is 0 Å². The Morgan fingerprint density at radius 3 is 2.90 bits per heavy atom. The highest BCUT2D eigenvalue weighted by molar-refractivity contribution is 6.07. The fourth-order valence-electron chi connectivity index (χ4n) is 3.38. The van der Waals surface area contributed by atoms with E-state index in [0.717, 1.165) is 19.3 Å². The molecule has 1 heterocycles. The highest BCUT2D eigenvalue weighted by atomic mass is 16.2. The minimum Gasteiger partial charge on any atom is -0.359 e. The highest BCUT2D eigenvalue weighted by Crippen LogP contribution is 2.38. The summed E-state index contributed by atoms with van der Waals surface area (Å²) in [6.07, 6.45) is 4.28. The van der Waals surface area contributed by atoms with Gasteiger partial charge in [0.1, 0.15) is 5.54 Å². The number of carbonyl (C=O) groups is 3. The second-order valence-electron chi connectivity index (χ2n) is 5.81. The quantitative estimate of drug-likeness (QED) is 0.619. The number of nitrogens with two attached hydrogens (primary N) is 1. The number of rotatable bonds is 5. The van der Waals surface area contributed by atoms with Crippen molar-refractivity contribution in [1.29, 1.82) is 0 Å². The Morgan fingerprint density at radius 1 is 1.48 bits per heavy atom. The summed E-state index contributed by atoms with van der Waals surface area (Å²) in [6.45, 7) is 0.676. The van der Waals surface area contributed by atoms with Gasteiger partial charge in [-0.1, -0.05) is 12.8 Å². The zero-order valence-electron chi connectivity index (χ0n) is 12.5. The maximum atomic E-state index is 12.7. The van der Waals surface area contributed by atoms with Crippen LogP contribution < -0.4 is 16.4 Å². The third-order valence-electron chi connectivity index (χ3n) is 4.62. The van der Waals surface area contributed by atoms with Gasteiger partial charge >= 0.3 is 6.03 Å². The van der Waals surface area contributed by atoms with Crippen molar-refractivity contribution in [3.8, 4) is 0 Å². The Morgan fingerprint density at radius 2 is 2.24 bits per heavy atom. The van der Waals surface area contributed by atoms with E-state index >= 15 is 0 Å². The molecule has 1 aliphatic heterocycles. The maximum Gasteiger partial charge on any atom is 0.325 e. The number of amides is 4. The third kappa shape index (κ3) is 2.88. The lowest BCUT2D eigenvalue weighted by Gasteiger charge is -2.38. The lowest BCUT2D eigenvalue weighted by Crippen LogP contribution is -2.57. The average molecular weight is 296 g/mol. The monoisotopic (exact) mass is 296 g/mol. The van der Waals surface area contributed by atoms with Gasteiger partial charge in [-0.25, -0.2) is 4.79 Å². The minimum atomic E-state index is -0.808. The number of carbonyl (C=O) groups excluding carboxylic acids is 3. The molecule has 0 aromatic heterocycles. The lowest BCUT2D eigenvalue weighted by atomic mass is 9.72. The largest absolute Gasteiger partial charge is 0.359 e. The standard InChI is InChI=1S/C14H24N4O3/c1-16-11(19)6-4-8-18-12(20)14(17-13(18)21)7-3-2-5-10(14)9-15/h10H,2-9,15H2,1H3,(H,16,19)(H,17,21). The Kier molecular flexibility index (Phi) is 4.82.